The minimum absolute atomic E-state index is 0.474. The van der Waals surface area contributed by atoms with Crippen LogP contribution in [0.3, 0.4) is 0 Å². The Labute approximate surface area is 91.8 Å². The lowest BCUT2D eigenvalue weighted by atomic mass is 10.0. The third-order valence-corrected chi connectivity index (χ3v) is 2.99. The molecule has 0 amide bonds. The van der Waals surface area contributed by atoms with E-state index >= 15 is 0 Å². The first-order chi connectivity index (χ1) is 7.22. The summed E-state index contributed by atoms with van der Waals surface area (Å²) in [5, 5.41) is 0.474. The highest BCUT2D eigenvalue weighted by molar-refractivity contribution is 6.31. The van der Waals surface area contributed by atoms with Crippen LogP contribution >= 0.6 is 11.6 Å². The van der Waals surface area contributed by atoms with Crippen molar-refractivity contribution in [1.29, 1.82) is 0 Å². The quantitative estimate of drug-likeness (QED) is 0.574. The van der Waals surface area contributed by atoms with Gasteiger partial charge in [-0.15, -0.1) is 0 Å². The summed E-state index contributed by atoms with van der Waals surface area (Å²) in [5.74, 6) is 0. The van der Waals surface area contributed by atoms with Gasteiger partial charge in [-0.25, -0.2) is 9.18 Å². The maximum atomic E-state index is 12.4. The minimum atomic E-state index is -0.538. The van der Waals surface area contributed by atoms with E-state index in [2.05, 4.69) is 4.99 Å². The van der Waals surface area contributed by atoms with E-state index in [1.165, 1.54) is 0 Å². The fraction of sp³-hybridized carbons (Fsp3) is 0.364. The molecule has 0 unspecified atom stereocenters. The summed E-state index contributed by atoms with van der Waals surface area (Å²) in [4.78, 5) is 14.0. The van der Waals surface area contributed by atoms with E-state index in [-0.39, 0.29) is 0 Å². The van der Waals surface area contributed by atoms with Gasteiger partial charge in [-0.1, -0.05) is 23.7 Å². The first-order valence-corrected chi connectivity index (χ1v) is 5.03. The second-order valence-electron chi connectivity index (χ2n) is 3.68. The molecule has 1 aromatic rings. The molecule has 15 heavy (non-hydrogen) atoms. The van der Waals surface area contributed by atoms with Gasteiger partial charge >= 0.3 is 0 Å². The molecule has 0 spiro atoms. The van der Waals surface area contributed by atoms with Crippen LogP contribution in [0, 0.1) is 0 Å². The Morgan fingerprint density at radius 1 is 1.53 bits per heavy atom. The number of aliphatic imine (C=N–C) groups is 1. The molecule has 2 rings (SSSR count). The number of benzene rings is 1. The molecule has 1 aromatic carbocycles. The zero-order valence-corrected chi connectivity index (χ0v) is 8.72. The molecule has 1 aliphatic rings. The number of hydrogen-bond donors (Lipinski definition) is 0. The predicted octanol–water partition coefficient (Wildman–Crippen LogP) is 3.13. The topological polar surface area (TPSA) is 29.4 Å². The molecule has 1 fully saturated rings. The summed E-state index contributed by atoms with van der Waals surface area (Å²) in [6.45, 7) is -0.538. The number of rotatable bonds is 3. The Morgan fingerprint density at radius 2 is 2.27 bits per heavy atom. The largest absolute Gasteiger partial charge is 0.246 e. The first kappa shape index (κ1) is 10.3. The molecule has 2 nitrogen and oxygen atoms in total. The van der Waals surface area contributed by atoms with Crippen LogP contribution in [0.2, 0.25) is 5.02 Å². The van der Waals surface area contributed by atoms with Crippen LogP contribution in [-0.2, 0) is 17.0 Å². The van der Waals surface area contributed by atoms with Gasteiger partial charge in [0.05, 0.1) is 5.54 Å². The zero-order valence-electron chi connectivity index (χ0n) is 7.96. The average molecular weight is 226 g/mol. The number of nitrogens with zero attached hydrogens (tertiary/aromatic N) is 1. The van der Waals surface area contributed by atoms with Crippen molar-refractivity contribution in [3.63, 3.8) is 0 Å². The van der Waals surface area contributed by atoms with Crippen LogP contribution in [-0.4, -0.2) is 6.08 Å². The van der Waals surface area contributed by atoms with Crippen LogP contribution in [0.15, 0.2) is 23.2 Å². The van der Waals surface area contributed by atoms with Gasteiger partial charge < -0.3 is 0 Å². The maximum absolute atomic E-state index is 12.4. The molecule has 0 aromatic heterocycles. The maximum Gasteiger partial charge on any atom is 0.235 e. The standard InChI is InChI=1S/C11H9ClFNO/c12-10-5-8(6-13)1-2-9(10)11(3-4-11)14-7-15/h1-2,5H,3-4,6H2. The lowest BCUT2D eigenvalue weighted by molar-refractivity contribution is 0.485. The zero-order chi connectivity index (χ0) is 10.9. The van der Waals surface area contributed by atoms with Crippen molar-refractivity contribution < 1.29 is 9.18 Å². The molecule has 0 radical (unpaired) electrons. The number of carbonyl (C=O) groups excluding carboxylic acids is 1. The normalized spacial score (nSPS) is 16.9. The smallest absolute Gasteiger partial charge is 0.235 e. The van der Waals surface area contributed by atoms with Crippen LogP contribution < -0.4 is 0 Å². The SMILES string of the molecule is O=C=NC1(c2ccc(CF)cc2Cl)CC1. The Bertz CT molecular complexity index is 436. The van der Waals surface area contributed by atoms with Gasteiger partial charge in [0, 0.05) is 5.02 Å². The molecule has 0 atom stereocenters. The Balaban J connectivity index is 2.41. The van der Waals surface area contributed by atoms with Crippen LogP contribution in [0.25, 0.3) is 0 Å². The third-order valence-electron chi connectivity index (χ3n) is 2.67. The third kappa shape index (κ3) is 1.81. The van der Waals surface area contributed by atoms with Gasteiger partial charge in [-0.3, -0.25) is 0 Å². The Morgan fingerprint density at radius 3 is 2.73 bits per heavy atom. The highest BCUT2D eigenvalue weighted by atomic mass is 35.5. The highest BCUT2D eigenvalue weighted by Crippen LogP contribution is 2.51. The lowest BCUT2D eigenvalue weighted by Crippen LogP contribution is -2.03. The van der Waals surface area contributed by atoms with E-state index < -0.39 is 12.2 Å². The number of alkyl halides is 1. The fourth-order valence-electron chi connectivity index (χ4n) is 1.67. The summed E-state index contributed by atoms with van der Waals surface area (Å²) < 4.78 is 12.4. The van der Waals surface area contributed by atoms with E-state index in [0.717, 1.165) is 18.4 Å². The summed E-state index contributed by atoms with van der Waals surface area (Å²) >= 11 is 6.01. The van der Waals surface area contributed by atoms with Crippen LogP contribution in [0.5, 0.6) is 0 Å². The molecule has 0 N–H and O–H groups in total. The van der Waals surface area contributed by atoms with Crippen molar-refractivity contribution >= 4 is 17.7 Å². The van der Waals surface area contributed by atoms with E-state index in [1.54, 1.807) is 24.3 Å². The second-order valence-corrected chi connectivity index (χ2v) is 4.09. The minimum Gasteiger partial charge on any atom is -0.246 e. The number of halogens is 2. The summed E-state index contributed by atoms with van der Waals surface area (Å²) in [6.07, 6.45) is 3.17. The fourth-order valence-corrected chi connectivity index (χ4v) is 2.05. The summed E-state index contributed by atoms with van der Waals surface area (Å²) in [6, 6.07) is 4.99. The number of isocyanates is 1. The van der Waals surface area contributed by atoms with Crippen molar-refractivity contribution in [2.45, 2.75) is 25.1 Å². The number of hydrogen-bond acceptors (Lipinski definition) is 2. The molecule has 0 bridgehead atoms. The average Bonchev–Trinajstić information content (AvgIpc) is 2.99. The van der Waals surface area contributed by atoms with E-state index in [0.29, 0.717) is 10.6 Å². The molecule has 1 saturated carbocycles. The van der Waals surface area contributed by atoms with Crippen molar-refractivity contribution in [3.05, 3.63) is 34.3 Å². The molecular weight excluding hydrogens is 217 g/mol. The van der Waals surface area contributed by atoms with E-state index in [4.69, 9.17) is 11.6 Å². The van der Waals surface area contributed by atoms with Crippen molar-refractivity contribution in [2.24, 2.45) is 4.99 Å². The predicted molar refractivity (Wildman–Crippen MR) is 55.3 cm³/mol. The summed E-state index contributed by atoms with van der Waals surface area (Å²) in [7, 11) is 0. The molecule has 0 saturated heterocycles. The first-order valence-electron chi connectivity index (χ1n) is 4.66. The van der Waals surface area contributed by atoms with Crippen molar-refractivity contribution in [2.75, 3.05) is 0 Å². The van der Waals surface area contributed by atoms with Gasteiger partial charge in [0.25, 0.3) is 0 Å². The molecule has 1 aliphatic carbocycles. The lowest BCUT2D eigenvalue weighted by Gasteiger charge is -2.10. The Hall–Kier alpha value is -1.18. The molecule has 0 heterocycles. The van der Waals surface area contributed by atoms with Crippen molar-refractivity contribution in [1.82, 2.24) is 0 Å². The summed E-state index contributed by atoms with van der Waals surface area (Å²) in [5.41, 5.74) is 0.854. The van der Waals surface area contributed by atoms with Crippen LogP contribution in [0.4, 0.5) is 4.39 Å². The monoisotopic (exact) mass is 225 g/mol. The van der Waals surface area contributed by atoms with E-state index in [1.807, 2.05) is 0 Å². The molecular formula is C11H9ClFNO. The van der Waals surface area contributed by atoms with Gasteiger partial charge in [0.1, 0.15) is 6.67 Å². The molecule has 78 valence electrons. The van der Waals surface area contributed by atoms with Crippen molar-refractivity contribution in [3.8, 4) is 0 Å². The van der Waals surface area contributed by atoms with Gasteiger partial charge in [0.2, 0.25) is 6.08 Å². The van der Waals surface area contributed by atoms with Gasteiger partial charge in [-0.2, -0.15) is 4.99 Å². The second kappa shape index (κ2) is 3.76. The van der Waals surface area contributed by atoms with Gasteiger partial charge in [-0.05, 0) is 30.0 Å². The molecule has 0 aliphatic heterocycles. The van der Waals surface area contributed by atoms with E-state index in [9.17, 15) is 9.18 Å². The highest BCUT2D eigenvalue weighted by Gasteiger charge is 2.46. The van der Waals surface area contributed by atoms with Gasteiger partial charge in [0.15, 0.2) is 0 Å². The Kier molecular flexibility index (Phi) is 2.59. The van der Waals surface area contributed by atoms with Crippen LogP contribution in [0.1, 0.15) is 24.0 Å². The molecule has 4 heteroatoms.